The van der Waals surface area contributed by atoms with E-state index in [0.717, 1.165) is 11.1 Å². The third-order valence-corrected chi connectivity index (χ3v) is 5.08. The molecule has 1 aliphatic heterocycles. The minimum absolute atomic E-state index is 0.0663. The maximum atomic E-state index is 12.2. The van der Waals surface area contributed by atoms with Crippen LogP contribution in [0.1, 0.15) is 40.8 Å². The summed E-state index contributed by atoms with van der Waals surface area (Å²) in [6.07, 6.45) is 0.939. The normalized spacial score (nSPS) is 13.2. The molecule has 1 aliphatic rings. The molecule has 0 atom stereocenters. The van der Waals surface area contributed by atoms with Crippen molar-refractivity contribution in [3.63, 3.8) is 0 Å². The Morgan fingerprint density at radius 3 is 3.05 bits per heavy atom. The Labute approximate surface area is 117 Å². The van der Waals surface area contributed by atoms with Crippen LogP contribution in [0.3, 0.4) is 0 Å². The van der Waals surface area contributed by atoms with Crippen LogP contribution >= 0.6 is 22.7 Å². The molecule has 2 aromatic rings. The molecule has 19 heavy (non-hydrogen) atoms. The molecule has 0 bridgehead atoms. The molecule has 0 radical (unpaired) electrons. The summed E-state index contributed by atoms with van der Waals surface area (Å²) in [5.74, 6) is -0.138. The summed E-state index contributed by atoms with van der Waals surface area (Å²) in [5, 5.41) is 6.34. The van der Waals surface area contributed by atoms with E-state index in [2.05, 4.69) is 5.32 Å². The monoisotopic (exact) mass is 291 g/mol. The zero-order valence-electron chi connectivity index (χ0n) is 9.76. The molecule has 0 spiro atoms. The highest BCUT2D eigenvalue weighted by Gasteiger charge is 2.25. The number of carbonyl (C=O) groups excluding carboxylic acids is 3. The minimum atomic E-state index is -0.0722. The lowest BCUT2D eigenvalue weighted by molar-refractivity contribution is 0.0967. The van der Waals surface area contributed by atoms with E-state index in [1.165, 1.54) is 22.7 Å². The molecular formula is C13H9NO3S2. The van der Waals surface area contributed by atoms with Crippen LogP contribution in [0.25, 0.3) is 0 Å². The molecule has 0 saturated carbocycles. The minimum Gasteiger partial charge on any atom is -0.347 e. The van der Waals surface area contributed by atoms with Crippen molar-refractivity contribution in [2.75, 3.05) is 0 Å². The standard InChI is InChI=1S/C13H9NO3S2/c15-5-7-1-2-18-11(7)10(16)3-8-6-19-12-9(8)4-14-13(12)17/h1-2,5-6H,3-4H2,(H,14,17). The van der Waals surface area contributed by atoms with E-state index < -0.39 is 0 Å². The first-order valence-electron chi connectivity index (χ1n) is 5.64. The summed E-state index contributed by atoms with van der Waals surface area (Å²) in [5.41, 5.74) is 2.25. The molecule has 1 N–H and O–H groups in total. The highest BCUT2D eigenvalue weighted by Crippen LogP contribution is 2.28. The Kier molecular flexibility index (Phi) is 3.04. The van der Waals surface area contributed by atoms with E-state index in [0.29, 0.717) is 28.1 Å². The largest absolute Gasteiger partial charge is 0.347 e. The Bertz CT molecular complexity index is 684. The van der Waals surface area contributed by atoms with E-state index in [-0.39, 0.29) is 18.1 Å². The second-order valence-electron chi connectivity index (χ2n) is 4.17. The number of rotatable bonds is 4. The van der Waals surface area contributed by atoms with E-state index in [4.69, 9.17) is 0 Å². The average Bonchev–Trinajstić information content (AvgIpc) is 3.08. The van der Waals surface area contributed by atoms with Crippen molar-refractivity contribution < 1.29 is 14.4 Å². The van der Waals surface area contributed by atoms with Crippen LogP contribution in [0.4, 0.5) is 0 Å². The number of nitrogens with one attached hydrogen (secondary N) is 1. The van der Waals surface area contributed by atoms with Crippen LogP contribution in [0.5, 0.6) is 0 Å². The van der Waals surface area contributed by atoms with Gasteiger partial charge >= 0.3 is 0 Å². The summed E-state index contributed by atoms with van der Waals surface area (Å²) in [7, 11) is 0. The fraction of sp³-hybridized carbons (Fsp3) is 0.154. The Morgan fingerprint density at radius 2 is 2.26 bits per heavy atom. The van der Waals surface area contributed by atoms with Crippen molar-refractivity contribution in [2.24, 2.45) is 0 Å². The summed E-state index contributed by atoms with van der Waals surface area (Å²) < 4.78 is 0. The molecule has 0 aliphatic carbocycles. The predicted octanol–water partition coefficient (Wildman–Crippen LogP) is 2.29. The van der Waals surface area contributed by atoms with Crippen molar-refractivity contribution in [1.29, 1.82) is 0 Å². The zero-order chi connectivity index (χ0) is 13.4. The number of fused-ring (bicyclic) bond motifs is 1. The van der Waals surface area contributed by atoms with Crippen LogP contribution in [-0.2, 0) is 13.0 Å². The van der Waals surface area contributed by atoms with Crippen LogP contribution in [-0.4, -0.2) is 18.0 Å². The van der Waals surface area contributed by atoms with Crippen molar-refractivity contribution >= 4 is 40.7 Å². The second-order valence-corrected chi connectivity index (χ2v) is 5.97. The van der Waals surface area contributed by atoms with Gasteiger partial charge in [0.1, 0.15) is 0 Å². The number of ketones is 1. The fourth-order valence-electron chi connectivity index (χ4n) is 2.09. The summed E-state index contributed by atoms with van der Waals surface area (Å²) in [6, 6.07) is 1.65. The second kappa shape index (κ2) is 4.71. The fourth-order valence-corrected chi connectivity index (χ4v) is 3.91. The zero-order valence-corrected chi connectivity index (χ0v) is 11.4. The maximum absolute atomic E-state index is 12.2. The van der Waals surface area contributed by atoms with Gasteiger partial charge in [0.25, 0.3) is 5.91 Å². The van der Waals surface area contributed by atoms with Gasteiger partial charge in [-0.1, -0.05) is 0 Å². The van der Waals surface area contributed by atoms with Gasteiger partial charge in [0.05, 0.1) is 9.75 Å². The van der Waals surface area contributed by atoms with Gasteiger partial charge in [-0.05, 0) is 28.0 Å². The van der Waals surface area contributed by atoms with Crippen LogP contribution in [0, 0.1) is 0 Å². The summed E-state index contributed by atoms with van der Waals surface area (Å²) in [4.78, 5) is 35.7. The lowest BCUT2D eigenvalue weighted by atomic mass is 10.0. The third kappa shape index (κ3) is 2.02. The van der Waals surface area contributed by atoms with Crippen molar-refractivity contribution in [1.82, 2.24) is 5.32 Å². The van der Waals surface area contributed by atoms with Crippen molar-refractivity contribution in [2.45, 2.75) is 13.0 Å². The van der Waals surface area contributed by atoms with Crippen LogP contribution in [0.15, 0.2) is 16.8 Å². The smallest absolute Gasteiger partial charge is 0.261 e. The van der Waals surface area contributed by atoms with Gasteiger partial charge in [-0.25, -0.2) is 0 Å². The number of amides is 1. The van der Waals surface area contributed by atoms with Gasteiger partial charge in [-0.15, -0.1) is 22.7 Å². The van der Waals surface area contributed by atoms with Gasteiger partial charge in [0.2, 0.25) is 0 Å². The first-order valence-corrected chi connectivity index (χ1v) is 7.40. The van der Waals surface area contributed by atoms with Crippen molar-refractivity contribution in [3.8, 4) is 0 Å². The van der Waals surface area contributed by atoms with Gasteiger partial charge in [-0.3, -0.25) is 14.4 Å². The van der Waals surface area contributed by atoms with Crippen LogP contribution < -0.4 is 5.32 Å². The number of thiophene rings is 2. The Hall–Kier alpha value is -1.79. The Balaban J connectivity index is 1.87. The van der Waals surface area contributed by atoms with E-state index in [1.54, 1.807) is 11.4 Å². The highest BCUT2D eigenvalue weighted by atomic mass is 32.1. The summed E-state index contributed by atoms with van der Waals surface area (Å²) >= 11 is 2.64. The van der Waals surface area contributed by atoms with E-state index in [9.17, 15) is 14.4 Å². The van der Waals surface area contributed by atoms with Gasteiger partial charge < -0.3 is 5.32 Å². The predicted molar refractivity (Wildman–Crippen MR) is 73.2 cm³/mol. The molecule has 6 heteroatoms. The lowest BCUT2D eigenvalue weighted by Crippen LogP contribution is -2.12. The average molecular weight is 291 g/mol. The molecule has 0 fully saturated rings. The van der Waals surface area contributed by atoms with Gasteiger partial charge in [0.15, 0.2) is 12.1 Å². The molecule has 1 amide bonds. The number of Topliss-reactive ketones (excluding diaryl/α,β-unsaturated/α-hetero) is 1. The molecular weight excluding hydrogens is 282 g/mol. The van der Waals surface area contributed by atoms with Gasteiger partial charge in [0, 0.05) is 18.5 Å². The Morgan fingerprint density at radius 1 is 1.42 bits per heavy atom. The topological polar surface area (TPSA) is 63.2 Å². The quantitative estimate of drug-likeness (QED) is 0.694. The SMILES string of the molecule is O=Cc1ccsc1C(=O)Cc1csc2c1CNC2=O. The first kappa shape index (κ1) is 12.3. The number of carbonyl (C=O) groups is 3. The molecule has 96 valence electrons. The van der Waals surface area contributed by atoms with E-state index >= 15 is 0 Å². The lowest BCUT2D eigenvalue weighted by Gasteiger charge is -2.00. The molecule has 0 saturated heterocycles. The molecule has 0 aromatic carbocycles. The summed E-state index contributed by atoms with van der Waals surface area (Å²) in [6.45, 7) is 0.491. The maximum Gasteiger partial charge on any atom is 0.261 e. The molecule has 3 rings (SSSR count). The molecule has 0 unspecified atom stereocenters. The van der Waals surface area contributed by atoms with Gasteiger partial charge in [-0.2, -0.15) is 0 Å². The first-order chi connectivity index (χ1) is 9.20. The molecule has 4 nitrogen and oxygen atoms in total. The number of hydrogen-bond donors (Lipinski definition) is 1. The molecule has 3 heterocycles. The van der Waals surface area contributed by atoms with Crippen molar-refractivity contribution in [3.05, 3.63) is 43.3 Å². The highest BCUT2D eigenvalue weighted by molar-refractivity contribution is 7.13. The molecule has 2 aromatic heterocycles. The number of hydrogen-bond acceptors (Lipinski definition) is 5. The van der Waals surface area contributed by atoms with Crippen LogP contribution in [0.2, 0.25) is 0 Å². The number of aldehydes is 1. The third-order valence-electron chi connectivity index (χ3n) is 3.04. The van der Waals surface area contributed by atoms with E-state index in [1.807, 2.05) is 5.38 Å².